The van der Waals surface area contributed by atoms with Crippen LogP contribution in [0.15, 0.2) is 57.9 Å². The number of benzene rings is 2. The van der Waals surface area contributed by atoms with E-state index >= 15 is 0 Å². The number of nitrogens with zero attached hydrogens (tertiary/aromatic N) is 1. The minimum atomic E-state index is -0.495. The van der Waals surface area contributed by atoms with Gasteiger partial charge in [-0.1, -0.05) is 39.7 Å². The maximum Gasteiger partial charge on any atom is 0.294 e. The van der Waals surface area contributed by atoms with E-state index in [9.17, 15) is 14.4 Å². The second kappa shape index (κ2) is 8.07. The summed E-state index contributed by atoms with van der Waals surface area (Å²) in [5.41, 5.74) is 1.29. The van der Waals surface area contributed by atoms with Crippen LogP contribution >= 0.6 is 39.3 Å². The van der Waals surface area contributed by atoms with Crippen LogP contribution in [0.1, 0.15) is 5.56 Å². The summed E-state index contributed by atoms with van der Waals surface area (Å²) in [4.78, 5) is 37.9. The van der Waals surface area contributed by atoms with Crippen LogP contribution < -0.4 is 5.32 Å². The predicted molar refractivity (Wildman–Crippen MR) is 107 cm³/mol. The average molecular weight is 452 g/mol. The number of halogens is 2. The zero-order chi connectivity index (χ0) is 18.7. The van der Waals surface area contributed by atoms with Crippen LogP contribution in [-0.2, 0) is 9.59 Å². The minimum Gasteiger partial charge on any atom is -0.325 e. The first-order valence-corrected chi connectivity index (χ1v) is 9.47. The molecule has 1 heterocycles. The standard InChI is InChI=1S/C18H12BrClN2O3S/c19-12-4-6-14(7-5-12)21-16(23)10-22-17(24)15(26-18(22)25)9-11-2-1-3-13(20)8-11/h1-9H,10H2,(H,21,23)/b15-9+. The minimum absolute atomic E-state index is 0.258. The molecule has 8 heteroatoms. The van der Waals surface area contributed by atoms with E-state index in [1.807, 2.05) is 0 Å². The number of thioether (sulfide) groups is 1. The van der Waals surface area contributed by atoms with E-state index in [1.165, 1.54) is 0 Å². The molecule has 1 N–H and O–H groups in total. The van der Waals surface area contributed by atoms with Gasteiger partial charge in [-0.05, 0) is 59.8 Å². The summed E-state index contributed by atoms with van der Waals surface area (Å²) in [7, 11) is 0. The number of anilines is 1. The molecule has 26 heavy (non-hydrogen) atoms. The zero-order valence-electron chi connectivity index (χ0n) is 13.2. The quantitative estimate of drug-likeness (QED) is 0.680. The summed E-state index contributed by atoms with van der Waals surface area (Å²) in [6.07, 6.45) is 1.59. The number of rotatable bonds is 4. The summed E-state index contributed by atoms with van der Waals surface area (Å²) >= 11 is 10.0. The van der Waals surface area contributed by atoms with Gasteiger partial charge in [-0.3, -0.25) is 19.3 Å². The fourth-order valence-electron chi connectivity index (χ4n) is 2.26. The van der Waals surface area contributed by atoms with Gasteiger partial charge in [0.1, 0.15) is 6.54 Å². The van der Waals surface area contributed by atoms with Crippen molar-refractivity contribution in [3.63, 3.8) is 0 Å². The molecule has 1 fully saturated rings. The van der Waals surface area contributed by atoms with Crippen molar-refractivity contribution in [3.8, 4) is 0 Å². The van der Waals surface area contributed by atoms with Crippen LogP contribution in [-0.4, -0.2) is 28.5 Å². The van der Waals surface area contributed by atoms with Crippen LogP contribution in [0.5, 0.6) is 0 Å². The van der Waals surface area contributed by atoms with Gasteiger partial charge in [-0.25, -0.2) is 0 Å². The highest BCUT2D eigenvalue weighted by Gasteiger charge is 2.36. The third-order valence-corrected chi connectivity index (χ3v) is 5.12. The summed E-state index contributed by atoms with van der Waals surface area (Å²) in [6.45, 7) is -0.340. The van der Waals surface area contributed by atoms with Crippen molar-refractivity contribution in [1.29, 1.82) is 0 Å². The number of carbonyl (C=O) groups is 3. The first-order valence-electron chi connectivity index (χ1n) is 7.49. The number of hydrogen-bond acceptors (Lipinski definition) is 4. The van der Waals surface area contributed by atoms with Gasteiger partial charge in [-0.15, -0.1) is 0 Å². The Hall–Kier alpha value is -2.09. The molecule has 0 atom stereocenters. The van der Waals surface area contributed by atoms with Gasteiger partial charge in [-0.2, -0.15) is 0 Å². The number of carbonyl (C=O) groups excluding carboxylic acids is 3. The lowest BCUT2D eigenvalue weighted by Crippen LogP contribution is -2.36. The molecule has 3 rings (SSSR count). The SMILES string of the molecule is O=C(CN1C(=O)S/C(=C/c2cccc(Cl)c2)C1=O)Nc1ccc(Br)cc1. The van der Waals surface area contributed by atoms with Gasteiger partial charge in [0, 0.05) is 15.2 Å². The maximum atomic E-state index is 12.4. The van der Waals surface area contributed by atoms with E-state index in [1.54, 1.807) is 54.6 Å². The van der Waals surface area contributed by atoms with Gasteiger partial charge in [0.2, 0.25) is 5.91 Å². The molecule has 0 unspecified atom stereocenters. The Kier molecular flexibility index (Phi) is 5.80. The van der Waals surface area contributed by atoms with E-state index in [0.717, 1.165) is 21.1 Å². The Bertz CT molecular complexity index is 915. The van der Waals surface area contributed by atoms with E-state index in [2.05, 4.69) is 21.2 Å². The maximum absolute atomic E-state index is 12.4. The smallest absolute Gasteiger partial charge is 0.294 e. The summed E-state index contributed by atoms with van der Waals surface area (Å²) in [5.74, 6) is -0.940. The fourth-order valence-corrected chi connectivity index (χ4v) is 3.56. The molecule has 5 nitrogen and oxygen atoms in total. The highest BCUT2D eigenvalue weighted by atomic mass is 79.9. The van der Waals surface area contributed by atoms with Crippen molar-refractivity contribution in [1.82, 2.24) is 4.90 Å². The molecule has 0 radical (unpaired) electrons. The average Bonchev–Trinajstić information content (AvgIpc) is 2.84. The second-order valence-corrected chi connectivity index (χ2v) is 7.72. The summed E-state index contributed by atoms with van der Waals surface area (Å²) in [6, 6.07) is 13.9. The first-order chi connectivity index (χ1) is 12.4. The van der Waals surface area contributed by atoms with Crippen LogP contribution in [0, 0.1) is 0 Å². The van der Waals surface area contributed by atoms with Gasteiger partial charge >= 0.3 is 0 Å². The molecule has 1 saturated heterocycles. The topological polar surface area (TPSA) is 66.5 Å². The highest BCUT2D eigenvalue weighted by Crippen LogP contribution is 2.32. The normalized spacial score (nSPS) is 15.6. The van der Waals surface area contributed by atoms with Crippen molar-refractivity contribution >= 4 is 68.1 Å². The van der Waals surface area contributed by atoms with Crippen molar-refractivity contribution in [2.45, 2.75) is 0 Å². The van der Waals surface area contributed by atoms with Crippen molar-refractivity contribution in [2.24, 2.45) is 0 Å². The van der Waals surface area contributed by atoms with Gasteiger partial charge in [0.25, 0.3) is 11.1 Å². The molecule has 0 spiro atoms. The predicted octanol–water partition coefficient (Wildman–Crippen LogP) is 4.78. The Morgan fingerprint density at radius 2 is 1.92 bits per heavy atom. The van der Waals surface area contributed by atoms with Gasteiger partial charge < -0.3 is 5.32 Å². The van der Waals surface area contributed by atoms with Gasteiger partial charge in [0.05, 0.1) is 4.91 Å². The van der Waals surface area contributed by atoms with E-state index in [-0.39, 0.29) is 11.4 Å². The lowest BCUT2D eigenvalue weighted by Gasteiger charge is -2.12. The molecular formula is C18H12BrClN2O3S. The third-order valence-electron chi connectivity index (χ3n) is 3.45. The molecule has 0 saturated carbocycles. The number of nitrogens with one attached hydrogen (secondary N) is 1. The molecule has 3 amide bonds. The number of hydrogen-bond donors (Lipinski definition) is 1. The lowest BCUT2D eigenvalue weighted by atomic mass is 10.2. The van der Waals surface area contributed by atoms with Crippen molar-refractivity contribution in [2.75, 3.05) is 11.9 Å². The Labute approximate surface area is 167 Å². The molecule has 2 aromatic carbocycles. The molecular weight excluding hydrogens is 440 g/mol. The van der Waals surface area contributed by atoms with Crippen LogP contribution in [0.25, 0.3) is 6.08 Å². The molecule has 1 aliphatic heterocycles. The van der Waals surface area contributed by atoms with Crippen molar-refractivity contribution in [3.05, 3.63) is 68.5 Å². The second-order valence-electron chi connectivity index (χ2n) is 5.38. The van der Waals surface area contributed by atoms with E-state index in [0.29, 0.717) is 16.3 Å². The Balaban J connectivity index is 1.69. The Morgan fingerprint density at radius 3 is 2.62 bits per heavy atom. The molecule has 1 aliphatic rings. The van der Waals surface area contributed by atoms with E-state index in [4.69, 9.17) is 11.6 Å². The number of imide groups is 1. The summed E-state index contributed by atoms with van der Waals surface area (Å²) < 4.78 is 0.882. The molecule has 0 aromatic heterocycles. The van der Waals surface area contributed by atoms with Gasteiger partial charge in [0.15, 0.2) is 0 Å². The first kappa shape index (κ1) is 18.7. The molecule has 0 bridgehead atoms. The van der Waals surface area contributed by atoms with Crippen LogP contribution in [0.2, 0.25) is 5.02 Å². The fraction of sp³-hybridized carbons (Fsp3) is 0.0556. The monoisotopic (exact) mass is 450 g/mol. The van der Waals surface area contributed by atoms with Crippen LogP contribution in [0.3, 0.4) is 0 Å². The molecule has 2 aromatic rings. The summed E-state index contributed by atoms with van der Waals surface area (Å²) in [5, 5.41) is 2.71. The molecule has 0 aliphatic carbocycles. The lowest BCUT2D eigenvalue weighted by molar-refractivity contribution is -0.127. The van der Waals surface area contributed by atoms with Crippen LogP contribution in [0.4, 0.5) is 10.5 Å². The molecule has 132 valence electrons. The number of amides is 3. The highest BCUT2D eigenvalue weighted by molar-refractivity contribution is 9.10. The third kappa shape index (κ3) is 4.55. The zero-order valence-corrected chi connectivity index (χ0v) is 16.4. The largest absolute Gasteiger partial charge is 0.325 e. The Morgan fingerprint density at radius 1 is 1.19 bits per heavy atom. The van der Waals surface area contributed by atoms with Crippen molar-refractivity contribution < 1.29 is 14.4 Å². The van der Waals surface area contributed by atoms with E-state index < -0.39 is 17.1 Å².